The number of alkyl halides is 1. The number of aliphatic hydroxyl groups is 1. The van der Waals surface area contributed by atoms with Crippen molar-refractivity contribution >= 4 is 37.4 Å². The zero-order chi connectivity index (χ0) is 12.6. The van der Waals surface area contributed by atoms with Crippen molar-refractivity contribution in [2.24, 2.45) is 0 Å². The number of rotatable bonds is 3. The molecule has 0 heterocycles. The number of hydrogen-bond donors (Lipinski definition) is 1. The zero-order valence-corrected chi connectivity index (χ0v) is 12.0. The summed E-state index contributed by atoms with van der Waals surface area (Å²) >= 11 is 9.14. The molecule has 1 aromatic rings. The lowest BCUT2D eigenvalue weighted by atomic mass is 10.1. The molecule has 0 radical (unpaired) electrons. The van der Waals surface area contributed by atoms with E-state index < -0.39 is 20.1 Å². The van der Waals surface area contributed by atoms with Gasteiger partial charge in [0.05, 0.1) is 0 Å². The number of sulfone groups is 1. The van der Waals surface area contributed by atoms with Crippen molar-refractivity contribution < 1.29 is 13.5 Å². The van der Waals surface area contributed by atoms with Gasteiger partial charge in [0.1, 0.15) is 6.10 Å². The minimum absolute atomic E-state index is 0.464. The van der Waals surface area contributed by atoms with Crippen molar-refractivity contribution in [2.75, 3.05) is 6.26 Å². The van der Waals surface area contributed by atoms with Crippen LogP contribution in [-0.2, 0) is 9.84 Å². The van der Waals surface area contributed by atoms with Crippen LogP contribution < -0.4 is 0 Å². The molecule has 0 saturated carbocycles. The minimum Gasteiger partial charge on any atom is -0.385 e. The molecule has 0 spiro atoms. The molecule has 0 aliphatic carbocycles. The van der Waals surface area contributed by atoms with Crippen LogP contribution >= 0.6 is 27.5 Å². The number of halogens is 2. The minimum atomic E-state index is -3.56. The normalized spacial score (nSPS) is 17.8. The predicted molar refractivity (Wildman–Crippen MR) is 68.2 cm³/mol. The van der Waals surface area contributed by atoms with Crippen LogP contribution in [0, 0.1) is 0 Å². The van der Waals surface area contributed by atoms with Crippen LogP contribution in [0.1, 0.15) is 18.6 Å². The standard InChI is InChI=1S/C10H12BrClO3S/c1-10(12,16(2,14)15)9(13)7-3-5-8(11)6-4-7/h3-6,9,13H,1-2H3/t9-,10+/m0/s1. The first kappa shape index (κ1) is 14.0. The van der Waals surface area contributed by atoms with Gasteiger partial charge in [-0.1, -0.05) is 39.7 Å². The first-order chi connectivity index (χ1) is 7.16. The SMILES string of the molecule is C[C@](Cl)([C@@H](O)c1ccc(Br)cc1)S(C)(=O)=O. The van der Waals surface area contributed by atoms with E-state index in [2.05, 4.69) is 15.9 Å². The third kappa shape index (κ3) is 2.77. The van der Waals surface area contributed by atoms with Crippen molar-refractivity contribution in [2.45, 2.75) is 17.2 Å². The van der Waals surface area contributed by atoms with Gasteiger partial charge in [-0.15, -0.1) is 0 Å². The Kier molecular flexibility index (Phi) is 4.05. The zero-order valence-electron chi connectivity index (χ0n) is 8.81. The summed E-state index contributed by atoms with van der Waals surface area (Å²) in [5.74, 6) is 0. The highest BCUT2D eigenvalue weighted by molar-refractivity contribution is 9.10. The van der Waals surface area contributed by atoms with E-state index in [0.717, 1.165) is 10.7 Å². The molecule has 90 valence electrons. The number of benzene rings is 1. The molecule has 0 aliphatic rings. The number of hydrogen-bond acceptors (Lipinski definition) is 3. The second-order valence-electron chi connectivity index (χ2n) is 3.71. The maximum Gasteiger partial charge on any atom is 0.172 e. The van der Waals surface area contributed by atoms with Crippen LogP contribution in [0.15, 0.2) is 28.7 Å². The molecular formula is C10H12BrClO3S. The van der Waals surface area contributed by atoms with Gasteiger partial charge >= 0.3 is 0 Å². The topological polar surface area (TPSA) is 54.4 Å². The van der Waals surface area contributed by atoms with E-state index in [1.54, 1.807) is 24.3 Å². The van der Waals surface area contributed by atoms with E-state index in [1.807, 2.05) is 0 Å². The first-order valence-corrected chi connectivity index (χ1v) is 7.54. The summed E-state index contributed by atoms with van der Waals surface area (Å²) in [7, 11) is -3.56. The Morgan fingerprint density at radius 3 is 2.19 bits per heavy atom. The Morgan fingerprint density at radius 2 is 1.81 bits per heavy atom. The van der Waals surface area contributed by atoms with E-state index in [0.29, 0.717) is 5.56 Å². The van der Waals surface area contributed by atoms with E-state index >= 15 is 0 Å². The van der Waals surface area contributed by atoms with Gasteiger partial charge in [0, 0.05) is 10.7 Å². The van der Waals surface area contributed by atoms with Crippen LogP contribution in [0.5, 0.6) is 0 Å². The molecule has 1 N–H and O–H groups in total. The molecule has 0 aromatic heterocycles. The molecule has 0 fully saturated rings. The second-order valence-corrected chi connectivity index (χ2v) is 8.03. The Balaban J connectivity index is 3.12. The van der Waals surface area contributed by atoms with Crippen LogP contribution in [0.4, 0.5) is 0 Å². The van der Waals surface area contributed by atoms with Crippen molar-refractivity contribution in [1.82, 2.24) is 0 Å². The summed E-state index contributed by atoms with van der Waals surface area (Å²) in [5, 5.41) is 9.95. The summed E-state index contributed by atoms with van der Waals surface area (Å²) in [5.41, 5.74) is 0.464. The average Bonchev–Trinajstić information content (AvgIpc) is 2.16. The molecule has 1 rings (SSSR count). The monoisotopic (exact) mass is 326 g/mol. The fourth-order valence-electron chi connectivity index (χ4n) is 1.15. The van der Waals surface area contributed by atoms with Crippen molar-refractivity contribution in [3.63, 3.8) is 0 Å². The molecule has 0 unspecified atom stereocenters. The van der Waals surface area contributed by atoms with E-state index in [9.17, 15) is 13.5 Å². The van der Waals surface area contributed by atoms with E-state index in [4.69, 9.17) is 11.6 Å². The third-order valence-electron chi connectivity index (χ3n) is 2.40. The largest absolute Gasteiger partial charge is 0.385 e. The molecule has 6 heteroatoms. The highest BCUT2D eigenvalue weighted by Gasteiger charge is 2.41. The van der Waals surface area contributed by atoms with Crippen molar-refractivity contribution in [1.29, 1.82) is 0 Å². The Bertz CT molecular complexity index is 467. The summed E-state index contributed by atoms with van der Waals surface area (Å²) in [6, 6.07) is 6.68. The van der Waals surface area contributed by atoms with Crippen molar-refractivity contribution in [3.05, 3.63) is 34.3 Å². The highest BCUT2D eigenvalue weighted by Crippen LogP contribution is 2.36. The lowest BCUT2D eigenvalue weighted by Crippen LogP contribution is -2.35. The van der Waals surface area contributed by atoms with Crippen LogP contribution in [0.2, 0.25) is 0 Å². The van der Waals surface area contributed by atoms with Gasteiger partial charge in [0.2, 0.25) is 0 Å². The van der Waals surface area contributed by atoms with Gasteiger partial charge in [0.25, 0.3) is 0 Å². The summed E-state index contributed by atoms with van der Waals surface area (Å²) in [6.07, 6.45) is -0.264. The molecule has 3 nitrogen and oxygen atoms in total. The predicted octanol–water partition coefficient (Wildman–Crippen LogP) is 2.48. The van der Waals surface area contributed by atoms with E-state index in [-0.39, 0.29) is 0 Å². The molecule has 0 aliphatic heterocycles. The molecule has 0 bridgehead atoms. The summed E-state index contributed by atoms with van der Waals surface area (Å²) in [6.45, 7) is 1.29. The average molecular weight is 328 g/mol. The maximum atomic E-state index is 11.4. The molecule has 1 aromatic carbocycles. The Morgan fingerprint density at radius 1 is 1.38 bits per heavy atom. The van der Waals surface area contributed by atoms with Gasteiger partial charge in [0.15, 0.2) is 14.0 Å². The Hall–Kier alpha value is -0.100. The fraction of sp³-hybridized carbons (Fsp3) is 0.400. The lowest BCUT2D eigenvalue weighted by molar-refractivity contribution is 0.163. The van der Waals surface area contributed by atoms with Gasteiger partial charge < -0.3 is 5.11 Å². The molecular weight excluding hydrogens is 316 g/mol. The van der Waals surface area contributed by atoms with E-state index in [1.165, 1.54) is 6.92 Å². The maximum absolute atomic E-state index is 11.4. The lowest BCUT2D eigenvalue weighted by Gasteiger charge is -2.26. The van der Waals surface area contributed by atoms with Gasteiger partial charge in [-0.3, -0.25) is 0 Å². The molecule has 16 heavy (non-hydrogen) atoms. The fourth-order valence-corrected chi connectivity index (χ4v) is 2.08. The van der Waals surface area contributed by atoms with Gasteiger partial charge in [-0.05, 0) is 24.6 Å². The van der Waals surface area contributed by atoms with Gasteiger partial charge in [-0.25, -0.2) is 8.42 Å². The number of aliphatic hydroxyl groups excluding tert-OH is 1. The third-order valence-corrected chi connectivity index (χ3v) is 5.65. The smallest absolute Gasteiger partial charge is 0.172 e. The second kappa shape index (κ2) is 4.64. The molecule has 0 saturated heterocycles. The van der Waals surface area contributed by atoms with Crippen LogP contribution in [0.25, 0.3) is 0 Å². The highest BCUT2D eigenvalue weighted by atomic mass is 79.9. The van der Waals surface area contributed by atoms with Gasteiger partial charge in [-0.2, -0.15) is 0 Å². The Labute approximate surface area is 108 Å². The van der Waals surface area contributed by atoms with Crippen molar-refractivity contribution in [3.8, 4) is 0 Å². The summed E-state index contributed by atoms with van der Waals surface area (Å²) < 4.78 is 22.0. The summed E-state index contributed by atoms with van der Waals surface area (Å²) in [4.78, 5) is 0. The molecule has 0 amide bonds. The van der Waals surface area contributed by atoms with Crippen LogP contribution in [-0.4, -0.2) is 24.0 Å². The quantitative estimate of drug-likeness (QED) is 0.868. The van der Waals surface area contributed by atoms with Crippen LogP contribution in [0.3, 0.4) is 0 Å². The first-order valence-electron chi connectivity index (χ1n) is 4.48. The molecule has 2 atom stereocenters.